The minimum Gasteiger partial charge on any atom is -0.506 e. The number of nitrogens with zero attached hydrogens (tertiary/aromatic N) is 1. The standard InChI is InChI=1S/C9H4BrCl2NO/c10-6-2-4-1-5(14)3-13-9(4)8(12)7(6)11/h1-3,14H. The molecule has 72 valence electrons. The molecule has 0 bridgehead atoms. The molecule has 2 nitrogen and oxygen atoms in total. The maximum Gasteiger partial charge on any atom is 0.134 e. The van der Waals surface area contributed by atoms with Crippen molar-refractivity contribution in [3.63, 3.8) is 0 Å². The Morgan fingerprint density at radius 3 is 2.64 bits per heavy atom. The Balaban J connectivity index is 2.91. The van der Waals surface area contributed by atoms with Crippen LogP contribution in [0.25, 0.3) is 10.9 Å². The van der Waals surface area contributed by atoms with Crippen molar-refractivity contribution in [1.82, 2.24) is 4.98 Å². The molecule has 0 amide bonds. The van der Waals surface area contributed by atoms with Gasteiger partial charge < -0.3 is 5.11 Å². The van der Waals surface area contributed by atoms with E-state index in [1.54, 1.807) is 12.1 Å². The van der Waals surface area contributed by atoms with Crippen LogP contribution in [0, 0.1) is 0 Å². The molecule has 0 fully saturated rings. The molecule has 0 radical (unpaired) electrons. The van der Waals surface area contributed by atoms with Crippen LogP contribution < -0.4 is 0 Å². The number of halogens is 3. The largest absolute Gasteiger partial charge is 0.506 e. The van der Waals surface area contributed by atoms with Crippen LogP contribution >= 0.6 is 39.1 Å². The third-order valence-electron chi connectivity index (χ3n) is 1.80. The Morgan fingerprint density at radius 1 is 1.21 bits per heavy atom. The lowest BCUT2D eigenvalue weighted by atomic mass is 10.2. The van der Waals surface area contributed by atoms with Gasteiger partial charge in [0.2, 0.25) is 0 Å². The minimum absolute atomic E-state index is 0.0998. The first-order valence-electron chi connectivity index (χ1n) is 3.72. The predicted molar refractivity (Wildman–Crippen MR) is 61.1 cm³/mol. The fourth-order valence-corrected chi connectivity index (χ4v) is 2.14. The van der Waals surface area contributed by atoms with E-state index in [2.05, 4.69) is 20.9 Å². The van der Waals surface area contributed by atoms with Crippen molar-refractivity contribution in [3.05, 3.63) is 32.8 Å². The van der Waals surface area contributed by atoms with Crippen molar-refractivity contribution in [1.29, 1.82) is 0 Å². The maximum absolute atomic E-state index is 9.23. The average molecular weight is 293 g/mol. The number of hydrogen-bond donors (Lipinski definition) is 1. The molecule has 1 aromatic heterocycles. The van der Waals surface area contributed by atoms with Crippen LogP contribution in [0.2, 0.25) is 10.0 Å². The zero-order valence-corrected chi connectivity index (χ0v) is 9.86. The fraction of sp³-hybridized carbons (Fsp3) is 0. The van der Waals surface area contributed by atoms with Gasteiger partial charge in [-0.15, -0.1) is 0 Å². The summed E-state index contributed by atoms with van der Waals surface area (Å²) in [6, 6.07) is 3.34. The summed E-state index contributed by atoms with van der Waals surface area (Å²) in [5, 5.41) is 10.8. The summed E-state index contributed by atoms with van der Waals surface area (Å²) in [7, 11) is 0. The van der Waals surface area contributed by atoms with E-state index in [0.29, 0.717) is 20.0 Å². The third kappa shape index (κ3) is 1.56. The summed E-state index contributed by atoms with van der Waals surface area (Å²) in [4.78, 5) is 4.00. The van der Waals surface area contributed by atoms with Gasteiger partial charge in [-0.1, -0.05) is 23.2 Å². The average Bonchev–Trinajstić information content (AvgIpc) is 2.14. The molecule has 0 saturated carbocycles. The zero-order valence-electron chi connectivity index (χ0n) is 6.76. The number of hydrogen-bond acceptors (Lipinski definition) is 2. The second-order valence-electron chi connectivity index (χ2n) is 2.75. The van der Waals surface area contributed by atoms with E-state index in [1.807, 2.05) is 0 Å². The van der Waals surface area contributed by atoms with E-state index < -0.39 is 0 Å². The van der Waals surface area contributed by atoms with Crippen LogP contribution in [-0.4, -0.2) is 10.1 Å². The van der Waals surface area contributed by atoms with Crippen LogP contribution in [0.15, 0.2) is 22.8 Å². The van der Waals surface area contributed by atoms with E-state index in [9.17, 15) is 5.11 Å². The molecular formula is C9H4BrCl2NO. The lowest BCUT2D eigenvalue weighted by molar-refractivity contribution is 0.474. The van der Waals surface area contributed by atoms with Crippen molar-refractivity contribution < 1.29 is 5.11 Å². The molecule has 5 heteroatoms. The van der Waals surface area contributed by atoms with E-state index in [4.69, 9.17) is 23.2 Å². The van der Waals surface area contributed by atoms with E-state index >= 15 is 0 Å². The van der Waals surface area contributed by atoms with Gasteiger partial charge in [-0.05, 0) is 28.1 Å². The first kappa shape index (κ1) is 10.0. The Labute approximate surface area is 98.6 Å². The number of aromatic nitrogens is 1. The van der Waals surface area contributed by atoms with Crippen molar-refractivity contribution in [2.45, 2.75) is 0 Å². The number of rotatable bonds is 0. The van der Waals surface area contributed by atoms with Gasteiger partial charge in [-0.25, -0.2) is 0 Å². The van der Waals surface area contributed by atoms with E-state index in [1.165, 1.54) is 6.20 Å². The number of pyridine rings is 1. The number of benzene rings is 1. The van der Waals surface area contributed by atoms with Crippen LogP contribution in [-0.2, 0) is 0 Å². The Hall–Kier alpha value is -0.510. The van der Waals surface area contributed by atoms with Gasteiger partial charge in [-0.2, -0.15) is 0 Å². The molecule has 2 aromatic rings. The van der Waals surface area contributed by atoms with Gasteiger partial charge in [0.15, 0.2) is 0 Å². The maximum atomic E-state index is 9.23. The summed E-state index contributed by atoms with van der Waals surface area (Å²) in [6.45, 7) is 0. The summed E-state index contributed by atoms with van der Waals surface area (Å²) in [5.74, 6) is 0.0998. The lowest BCUT2D eigenvalue weighted by Crippen LogP contribution is -1.82. The highest BCUT2D eigenvalue weighted by Gasteiger charge is 2.09. The molecule has 0 unspecified atom stereocenters. The van der Waals surface area contributed by atoms with Gasteiger partial charge in [0.25, 0.3) is 0 Å². The molecule has 2 rings (SSSR count). The first-order valence-corrected chi connectivity index (χ1v) is 5.26. The van der Waals surface area contributed by atoms with Crippen LogP contribution in [0.4, 0.5) is 0 Å². The van der Waals surface area contributed by atoms with Crippen molar-refractivity contribution in [2.75, 3.05) is 0 Å². The summed E-state index contributed by atoms with van der Waals surface area (Å²) in [6.07, 6.45) is 1.33. The molecule has 1 aromatic carbocycles. The van der Waals surface area contributed by atoms with Crippen LogP contribution in [0.1, 0.15) is 0 Å². The smallest absolute Gasteiger partial charge is 0.134 e. The molecule has 0 atom stereocenters. The summed E-state index contributed by atoms with van der Waals surface area (Å²) in [5.41, 5.74) is 0.581. The van der Waals surface area contributed by atoms with E-state index in [0.717, 1.165) is 5.39 Å². The SMILES string of the molecule is Oc1cnc2c(Cl)c(Cl)c(Br)cc2c1. The van der Waals surface area contributed by atoms with Crippen molar-refractivity contribution >= 4 is 50.0 Å². The molecule has 1 heterocycles. The molecule has 0 aliphatic rings. The molecule has 14 heavy (non-hydrogen) atoms. The highest BCUT2D eigenvalue weighted by molar-refractivity contribution is 9.10. The Bertz CT molecular complexity index is 516. The first-order chi connectivity index (χ1) is 6.59. The second kappa shape index (κ2) is 3.57. The van der Waals surface area contributed by atoms with Crippen LogP contribution in [0.3, 0.4) is 0 Å². The highest BCUT2D eigenvalue weighted by Crippen LogP contribution is 2.36. The quantitative estimate of drug-likeness (QED) is 0.744. The lowest BCUT2D eigenvalue weighted by Gasteiger charge is -2.04. The van der Waals surface area contributed by atoms with Crippen molar-refractivity contribution in [3.8, 4) is 5.75 Å². The van der Waals surface area contributed by atoms with Gasteiger partial charge in [0, 0.05) is 9.86 Å². The summed E-state index contributed by atoms with van der Waals surface area (Å²) < 4.78 is 0.684. The zero-order chi connectivity index (χ0) is 10.3. The van der Waals surface area contributed by atoms with Crippen molar-refractivity contribution in [2.24, 2.45) is 0 Å². The minimum atomic E-state index is 0.0998. The fourth-order valence-electron chi connectivity index (χ4n) is 1.17. The third-order valence-corrected chi connectivity index (χ3v) is 3.51. The summed E-state index contributed by atoms with van der Waals surface area (Å²) >= 11 is 15.2. The molecule has 0 saturated heterocycles. The Kier molecular flexibility index (Phi) is 2.56. The monoisotopic (exact) mass is 291 g/mol. The van der Waals surface area contributed by atoms with Gasteiger partial charge in [0.05, 0.1) is 21.8 Å². The van der Waals surface area contributed by atoms with Gasteiger partial charge in [-0.3, -0.25) is 4.98 Å². The normalized spacial score (nSPS) is 10.8. The topological polar surface area (TPSA) is 33.1 Å². The predicted octanol–water partition coefficient (Wildman–Crippen LogP) is 4.01. The number of fused-ring (bicyclic) bond motifs is 1. The van der Waals surface area contributed by atoms with Gasteiger partial charge >= 0.3 is 0 Å². The molecule has 1 N–H and O–H groups in total. The van der Waals surface area contributed by atoms with Crippen LogP contribution in [0.5, 0.6) is 5.75 Å². The highest BCUT2D eigenvalue weighted by atomic mass is 79.9. The second-order valence-corrected chi connectivity index (χ2v) is 4.36. The molecular weight excluding hydrogens is 289 g/mol. The number of aromatic hydroxyl groups is 1. The van der Waals surface area contributed by atoms with Gasteiger partial charge in [0.1, 0.15) is 5.75 Å². The molecule has 0 aliphatic carbocycles. The Morgan fingerprint density at radius 2 is 1.93 bits per heavy atom. The molecule has 0 aliphatic heterocycles. The van der Waals surface area contributed by atoms with E-state index in [-0.39, 0.29) is 5.75 Å². The molecule has 0 spiro atoms.